The van der Waals surface area contributed by atoms with Gasteiger partial charge in [0.2, 0.25) is 6.79 Å². The van der Waals surface area contributed by atoms with Crippen molar-refractivity contribution in [2.45, 2.75) is 33.1 Å². The molecule has 0 atom stereocenters. The largest absolute Gasteiger partial charge is 0.460 e. The van der Waals surface area contributed by atoms with Crippen molar-refractivity contribution in [3.8, 4) is 28.9 Å². The maximum atomic E-state index is 13.3. The summed E-state index contributed by atoms with van der Waals surface area (Å²) in [5.74, 6) is 1.31. The van der Waals surface area contributed by atoms with Crippen molar-refractivity contribution in [1.29, 1.82) is 0 Å². The zero-order chi connectivity index (χ0) is 22.7. The van der Waals surface area contributed by atoms with Crippen molar-refractivity contribution in [3.05, 3.63) is 53.6 Å². The van der Waals surface area contributed by atoms with Gasteiger partial charge >= 0.3 is 6.01 Å². The molecular weight excluding hydrogens is 410 g/mol. The monoisotopic (exact) mass is 437 g/mol. The average molecular weight is 437 g/mol. The van der Waals surface area contributed by atoms with Crippen molar-refractivity contribution in [2.24, 2.45) is 0 Å². The molecular formula is C24H27N3O5. The van der Waals surface area contributed by atoms with Crippen LogP contribution in [0.15, 0.2) is 42.5 Å². The molecule has 1 aromatic heterocycles. The molecule has 1 aliphatic heterocycles. The molecule has 0 fully saturated rings. The predicted octanol–water partition coefficient (Wildman–Crippen LogP) is 4.08. The van der Waals surface area contributed by atoms with Crippen molar-refractivity contribution < 1.29 is 23.7 Å². The van der Waals surface area contributed by atoms with E-state index in [0.717, 1.165) is 5.56 Å². The second kappa shape index (κ2) is 9.00. The SMILES string of the molecule is CCOCCOc1nc(-c2ccc3c(c2)OCO3)n(C(=O)c2ccc(C(C)(C)C)cc2)n1. The third-order valence-electron chi connectivity index (χ3n) is 5.07. The van der Waals surface area contributed by atoms with Gasteiger partial charge in [-0.25, -0.2) is 0 Å². The molecule has 168 valence electrons. The molecule has 0 saturated carbocycles. The van der Waals surface area contributed by atoms with Crippen LogP contribution in [-0.2, 0) is 10.2 Å². The smallest absolute Gasteiger partial charge is 0.336 e. The highest BCUT2D eigenvalue weighted by atomic mass is 16.7. The summed E-state index contributed by atoms with van der Waals surface area (Å²) in [6.45, 7) is 9.75. The normalized spacial score (nSPS) is 12.8. The topological polar surface area (TPSA) is 84.7 Å². The number of hydrogen-bond donors (Lipinski definition) is 0. The first-order valence-corrected chi connectivity index (χ1v) is 10.6. The van der Waals surface area contributed by atoms with E-state index < -0.39 is 0 Å². The number of hydrogen-bond acceptors (Lipinski definition) is 7. The fourth-order valence-corrected chi connectivity index (χ4v) is 3.29. The van der Waals surface area contributed by atoms with Gasteiger partial charge in [0.25, 0.3) is 5.91 Å². The Labute approximate surface area is 187 Å². The molecule has 3 aromatic rings. The molecule has 32 heavy (non-hydrogen) atoms. The summed E-state index contributed by atoms with van der Waals surface area (Å²) in [7, 11) is 0. The zero-order valence-corrected chi connectivity index (χ0v) is 18.8. The highest BCUT2D eigenvalue weighted by Gasteiger charge is 2.23. The van der Waals surface area contributed by atoms with Gasteiger partial charge in [0.05, 0.1) is 6.61 Å². The highest BCUT2D eigenvalue weighted by molar-refractivity contribution is 5.97. The zero-order valence-electron chi connectivity index (χ0n) is 18.8. The Morgan fingerprint density at radius 3 is 2.53 bits per heavy atom. The summed E-state index contributed by atoms with van der Waals surface area (Å²) in [5.41, 5.74) is 2.31. The maximum Gasteiger partial charge on any atom is 0.336 e. The first kappa shape index (κ1) is 21.8. The number of carbonyl (C=O) groups is 1. The molecule has 2 heterocycles. The molecule has 2 aromatic carbocycles. The van der Waals surface area contributed by atoms with Crippen molar-refractivity contribution in [3.63, 3.8) is 0 Å². The van der Waals surface area contributed by atoms with E-state index in [2.05, 4.69) is 30.9 Å². The number of rotatable bonds is 7. The number of nitrogens with zero attached hydrogens (tertiary/aromatic N) is 3. The predicted molar refractivity (Wildman–Crippen MR) is 118 cm³/mol. The molecule has 1 aliphatic rings. The lowest BCUT2D eigenvalue weighted by molar-refractivity contribution is 0.0938. The molecule has 0 saturated heterocycles. The van der Waals surface area contributed by atoms with Gasteiger partial charge < -0.3 is 18.9 Å². The number of ether oxygens (including phenoxy) is 4. The van der Waals surface area contributed by atoms with Gasteiger partial charge in [-0.15, -0.1) is 5.10 Å². The van der Waals surface area contributed by atoms with E-state index in [4.69, 9.17) is 18.9 Å². The van der Waals surface area contributed by atoms with E-state index in [1.165, 1.54) is 4.68 Å². The third kappa shape index (κ3) is 4.60. The van der Waals surface area contributed by atoms with E-state index in [1.807, 2.05) is 37.3 Å². The van der Waals surface area contributed by atoms with Crippen LogP contribution in [0, 0.1) is 0 Å². The third-order valence-corrected chi connectivity index (χ3v) is 5.07. The lowest BCUT2D eigenvalue weighted by Crippen LogP contribution is -2.16. The number of aromatic nitrogens is 3. The Hall–Kier alpha value is -3.39. The van der Waals surface area contributed by atoms with Crippen LogP contribution in [0.2, 0.25) is 0 Å². The summed E-state index contributed by atoms with van der Waals surface area (Å²) in [6, 6.07) is 13.0. The maximum absolute atomic E-state index is 13.3. The molecule has 0 bridgehead atoms. The minimum atomic E-state index is -0.301. The fraction of sp³-hybridized carbons (Fsp3) is 0.375. The standard InChI is InChI=1S/C24H27N3O5/c1-5-29-12-13-30-23-25-21(17-8-11-19-20(14-17)32-15-31-19)27(26-23)22(28)16-6-9-18(10-7-16)24(2,3)4/h6-11,14H,5,12-13,15H2,1-4H3. The van der Waals surface area contributed by atoms with Crippen LogP contribution in [0.4, 0.5) is 0 Å². The van der Waals surface area contributed by atoms with E-state index >= 15 is 0 Å². The van der Waals surface area contributed by atoms with E-state index in [9.17, 15) is 4.79 Å². The van der Waals surface area contributed by atoms with Crippen LogP contribution < -0.4 is 14.2 Å². The lowest BCUT2D eigenvalue weighted by Gasteiger charge is -2.19. The summed E-state index contributed by atoms with van der Waals surface area (Å²) in [6.07, 6.45) is 0. The number of benzene rings is 2. The van der Waals surface area contributed by atoms with Gasteiger partial charge in [-0.1, -0.05) is 32.9 Å². The second-order valence-corrected chi connectivity index (χ2v) is 8.38. The Morgan fingerprint density at radius 2 is 1.81 bits per heavy atom. The minimum absolute atomic E-state index is 0.00590. The molecule has 8 nitrogen and oxygen atoms in total. The Bertz CT molecular complexity index is 1100. The van der Waals surface area contributed by atoms with Crippen molar-refractivity contribution in [1.82, 2.24) is 14.8 Å². The molecule has 0 spiro atoms. The summed E-state index contributed by atoms with van der Waals surface area (Å²) < 4.78 is 23.0. The molecule has 4 rings (SSSR count). The van der Waals surface area contributed by atoms with E-state index in [-0.39, 0.29) is 30.7 Å². The van der Waals surface area contributed by atoms with Gasteiger partial charge in [0.1, 0.15) is 6.61 Å². The van der Waals surface area contributed by atoms with Crippen LogP contribution >= 0.6 is 0 Å². The molecule has 0 N–H and O–H groups in total. The summed E-state index contributed by atoms with van der Waals surface area (Å²) >= 11 is 0. The number of carbonyl (C=O) groups excluding carboxylic acids is 1. The minimum Gasteiger partial charge on any atom is -0.460 e. The van der Waals surface area contributed by atoms with Crippen LogP contribution in [0.25, 0.3) is 11.4 Å². The van der Waals surface area contributed by atoms with Gasteiger partial charge in [-0.2, -0.15) is 9.67 Å². The fourth-order valence-electron chi connectivity index (χ4n) is 3.29. The summed E-state index contributed by atoms with van der Waals surface area (Å²) in [4.78, 5) is 17.8. The Kier molecular flexibility index (Phi) is 6.14. The molecule has 0 radical (unpaired) electrons. The van der Waals surface area contributed by atoms with E-state index in [0.29, 0.717) is 41.7 Å². The van der Waals surface area contributed by atoms with Crippen molar-refractivity contribution in [2.75, 3.05) is 26.6 Å². The second-order valence-electron chi connectivity index (χ2n) is 8.38. The Balaban J connectivity index is 1.67. The molecule has 0 amide bonds. The first-order chi connectivity index (χ1) is 15.4. The average Bonchev–Trinajstić information content (AvgIpc) is 3.42. The summed E-state index contributed by atoms with van der Waals surface area (Å²) in [5, 5.41) is 4.33. The van der Waals surface area contributed by atoms with Gasteiger partial charge in [0.15, 0.2) is 17.3 Å². The van der Waals surface area contributed by atoms with Crippen molar-refractivity contribution >= 4 is 5.91 Å². The molecule has 8 heteroatoms. The highest BCUT2D eigenvalue weighted by Crippen LogP contribution is 2.36. The van der Waals surface area contributed by atoms with Crippen LogP contribution in [-0.4, -0.2) is 47.3 Å². The van der Waals surface area contributed by atoms with Crippen LogP contribution in [0.1, 0.15) is 43.6 Å². The number of fused-ring (bicyclic) bond motifs is 1. The van der Waals surface area contributed by atoms with E-state index in [1.54, 1.807) is 12.1 Å². The molecule has 0 aliphatic carbocycles. The van der Waals surface area contributed by atoms with Gasteiger partial charge in [-0.05, 0) is 48.2 Å². The quantitative estimate of drug-likeness (QED) is 0.515. The van der Waals surface area contributed by atoms with Gasteiger partial charge in [0, 0.05) is 17.7 Å². The van der Waals surface area contributed by atoms with Crippen LogP contribution in [0.3, 0.4) is 0 Å². The lowest BCUT2D eigenvalue weighted by atomic mass is 9.87. The first-order valence-electron chi connectivity index (χ1n) is 10.6. The van der Waals surface area contributed by atoms with Crippen LogP contribution in [0.5, 0.6) is 17.5 Å². The van der Waals surface area contributed by atoms with Gasteiger partial charge in [-0.3, -0.25) is 4.79 Å². The Morgan fingerprint density at radius 1 is 1.06 bits per heavy atom. The molecule has 0 unspecified atom stereocenters.